The van der Waals surface area contributed by atoms with Gasteiger partial charge in [-0.2, -0.15) is 11.3 Å². The number of aliphatic hydroxyl groups is 1. The lowest BCUT2D eigenvalue weighted by Gasteiger charge is -2.37. The molecule has 1 amide bonds. The summed E-state index contributed by atoms with van der Waals surface area (Å²) >= 11 is 1.66. The second-order valence-electron chi connectivity index (χ2n) is 6.11. The Morgan fingerprint density at radius 3 is 2.92 bits per heavy atom. The number of thiophene rings is 1. The number of aryl methyl sites for hydroxylation is 1. The minimum atomic E-state index is -0.579. The Hall–Kier alpha value is -1.69. The highest BCUT2D eigenvalue weighted by Gasteiger charge is 2.29. The second-order valence-corrected chi connectivity index (χ2v) is 6.89. The van der Waals surface area contributed by atoms with Crippen LogP contribution in [-0.4, -0.2) is 41.7 Å². The minimum absolute atomic E-state index is 0.0658. The fourth-order valence-corrected chi connectivity index (χ4v) is 3.78. The van der Waals surface area contributed by atoms with E-state index in [1.165, 1.54) is 5.56 Å². The van der Waals surface area contributed by atoms with Crippen LogP contribution in [0.4, 0.5) is 0 Å². The van der Waals surface area contributed by atoms with E-state index >= 15 is 0 Å². The fraction of sp³-hybridized carbons (Fsp3) is 0.421. The number of hydrogen-bond acceptors (Lipinski definition) is 4. The standard InChI is InChI=1S/C19H23NO3S/c21-18(16-4-2-1-3-5-16)12-17-13-23-10-9-20(17)19(22)7-6-15-8-11-24-14-15/h1-5,8,11,14,17-18,21H,6-7,9-10,12-13H2/t17-,18-/m0/s1. The van der Waals surface area contributed by atoms with Gasteiger partial charge in [0, 0.05) is 19.4 Å². The molecule has 0 unspecified atom stereocenters. The number of morpholine rings is 1. The van der Waals surface area contributed by atoms with Crippen molar-refractivity contribution in [1.82, 2.24) is 4.90 Å². The van der Waals surface area contributed by atoms with Crippen LogP contribution < -0.4 is 0 Å². The van der Waals surface area contributed by atoms with Crippen molar-refractivity contribution in [3.05, 3.63) is 58.3 Å². The number of carbonyl (C=O) groups is 1. The van der Waals surface area contributed by atoms with Gasteiger partial charge in [-0.3, -0.25) is 4.79 Å². The van der Waals surface area contributed by atoms with Gasteiger partial charge >= 0.3 is 0 Å². The molecule has 3 rings (SSSR count). The van der Waals surface area contributed by atoms with E-state index in [1.54, 1.807) is 11.3 Å². The van der Waals surface area contributed by atoms with E-state index in [4.69, 9.17) is 4.74 Å². The molecular weight excluding hydrogens is 322 g/mol. The number of carbonyl (C=O) groups excluding carboxylic acids is 1. The molecule has 128 valence electrons. The van der Waals surface area contributed by atoms with E-state index in [0.717, 1.165) is 12.0 Å². The number of aliphatic hydroxyl groups excluding tert-OH is 1. The van der Waals surface area contributed by atoms with Gasteiger partial charge in [0.25, 0.3) is 0 Å². The van der Waals surface area contributed by atoms with Gasteiger partial charge in [-0.05, 0) is 34.4 Å². The number of ether oxygens (including phenoxy) is 1. The summed E-state index contributed by atoms with van der Waals surface area (Å²) in [6.07, 6.45) is 1.21. The van der Waals surface area contributed by atoms with Crippen LogP contribution >= 0.6 is 11.3 Å². The highest BCUT2D eigenvalue weighted by molar-refractivity contribution is 7.07. The van der Waals surface area contributed by atoms with E-state index in [9.17, 15) is 9.90 Å². The van der Waals surface area contributed by atoms with Gasteiger partial charge in [-0.25, -0.2) is 0 Å². The molecule has 0 saturated carbocycles. The maximum Gasteiger partial charge on any atom is 0.223 e. The third kappa shape index (κ3) is 4.44. The Bertz CT molecular complexity index is 629. The van der Waals surface area contributed by atoms with Crippen LogP contribution in [0.25, 0.3) is 0 Å². The van der Waals surface area contributed by atoms with Crippen molar-refractivity contribution < 1.29 is 14.6 Å². The average Bonchev–Trinajstić information content (AvgIpc) is 3.14. The summed E-state index contributed by atoms with van der Waals surface area (Å²) in [6, 6.07) is 11.6. The van der Waals surface area contributed by atoms with Crippen LogP contribution in [0, 0.1) is 0 Å². The van der Waals surface area contributed by atoms with E-state index in [1.807, 2.05) is 40.6 Å². The number of amides is 1. The van der Waals surface area contributed by atoms with Crippen LogP contribution in [0.15, 0.2) is 47.2 Å². The molecule has 0 radical (unpaired) electrons. The summed E-state index contributed by atoms with van der Waals surface area (Å²) in [5.41, 5.74) is 2.09. The molecule has 2 aromatic rings. The van der Waals surface area contributed by atoms with Crippen LogP contribution in [0.1, 0.15) is 30.1 Å². The maximum absolute atomic E-state index is 12.6. The van der Waals surface area contributed by atoms with E-state index in [0.29, 0.717) is 32.6 Å². The molecule has 1 aromatic heterocycles. The molecule has 1 aliphatic rings. The minimum Gasteiger partial charge on any atom is -0.388 e. The Labute approximate surface area is 146 Å². The van der Waals surface area contributed by atoms with Gasteiger partial charge in [0.1, 0.15) is 0 Å². The molecule has 24 heavy (non-hydrogen) atoms. The summed E-state index contributed by atoms with van der Waals surface area (Å²) < 4.78 is 5.55. The molecule has 1 aromatic carbocycles. The highest BCUT2D eigenvalue weighted by Crippen LogP contribution is 2.23. The Balaban J connectivity index is 1.59. The van der Waals surface area contributed by atoms with Crippen molar-refractivity contribution in [2.75, 3.05) is 19.8 Å². The first-order valence-electron chi connectivity index (χ1n) is 8.35. The van der Waals surface area contributed by atoms with Crippen molar-refractivity contribution in [3.8, 4) is 0 Å². The molecular formula is C19H23NO3S. The van der Waals surface area contributed by atoms with Gasteiger partial charge < -0.3 is 14.7 Å². The zero-order chi connectivity index (χ0) is 16.8. The van der Waals surface area contributed by atoms with Crippen molar-refractivity contribution in [3.63, 3.8) is 0 Å². The topological polar surface area (TPSA) is 49.8 Å². The van der Waals surface area contributed by atoms with E-state index < -0.39 is 6.10 Å². The SMILES string of the molecule is O=C(CCc1ccsc1)N1CCOC[C@@H]1C[C@H](O)c1ccccc1. The largest absolute Gasteiger partial charge is 0.388 e. The Morgan fingerprint density at radius 2 is 2.17 bits per heavy atom. The molecule has 0 spiro atoms. The lowest BCUT2D eigenvalue weighted by Crippen LogP contribution is -2.49. The highest BCUT2D eigenvalue weighted by atomic mass is 32.1. The van der Waals surface area contributed by atoms with Crippen LogP contribution in [0.3, 0.4) is 0 Å². The van der Waals surface area contributed by atoms with Gasteiger partial charge in [0.15, 0.2) is 0 Å². The Morgan fingerprint density at radius 1 is 1.33 bits per heavy atom. The molecule has 4 nitrogen and oxygen atoms in total. The first-order valence-corrected chi connectivity index (χ1v) is 9.29. The lowest BCUT2D eigenvalue weighted by molar-refractivity contribution is -0.141. The molecule has 2 heterocycles. The van der Waals surface area contributed by atoms with Crippen molar-refractivity contribution in [1.29, 1.82) is 0 Å². The molecule has 2 atom stereocenters. The zero-order valence-corrected chi connectivity index (χ0v) is 14.5. The number of rotatable bonds is 6. The first kappa shape index (κ1) is 17.1. The molecule has 5 heteroatoms. The van der Waals surface area contributed by atoms with Crippen molar-refractivity contribution in [2.45, 2.75) is 31.4 Å². The smallest absolute Gasteiger partial charge is 0.223 e. The predicted octanol–water partition coefficient (Wildman–Crippen LogP) is 3.03. The number of nitrogens with zero attached hydrogens (tertiary/aromatic N) is 1. The molecule has 0 bridgehead atoms. The summed E-state index contributed by atoms with van der Waals surface area (Å²) in [5.74, 6) is 0.148. The number of hydrogen-bond donors (Lipinski definition) is 1. The summed E-state index contributed by atoms with van der Waals surface area (Å²) in [4.78, 5) is 14.5. The second kappa shape index (κ2) is 8.42. The van der Waals surface area contributed by atoms with Gasteiger partial charge in [0.05, 0.1) is 25.4 Å². The first-order chi connectivity index (χ1) is 11.7. The van der Waals surface area contributed by atoms with Gasteiger partial charge in [-0.1, -0.05) is 30.3 Å². The van der Waals surface area contributed by atoms with Gasteiger partial charge in [-0.15, -0.1) is 0 Å². The van der Waals surface area contributed by atoms with E-state index in [-0.39, 0.29) is 11.9 Å². The molecule has 1 saturated heterocycles. The third-order valence-corrected chi connectivity index (χ3v) is 5.17. The lowest BCUT2D eigenvalue weighted by atomic mass is 10.00. The summed E-state index contributed by atoms with van der Waals surface area (Å²) in [7, 11) is 0. The van der Waals surface area contributed by atoms with Crippen LogP contribution in [-0.2, 0) is 16.0 Å². The fourth-order valence-electron chi connectivity index (χ4n) is 3.08. The normalized spacial score (nSPS) is 19.2. The maximum atomic E-state index is 12.6. The molecule has 1 aliphatic heterocycles. The third-order valence-electron chi connectivity index (χ3n) is 4.44. The summed E-state index contributed by atoms with van der Waals surface area (Å²) in [6.45, 7) is 1.67. The molecule has 1 fully saturated rings. The summed E-state index contributed by atoms with van der Waals surface area (Å²) in [5, 5.41) is 14.6. The van der Waals surface area contributed by atoms with Crippen molar-refractivity contribution >= 4 is 17.2 Å². The van der Waals surface area contributed by atoms with Gasteiger partial charge in [0.2, 0.25) is 5.91 Å². The average molecular weight is 345 g/mol. The zero-order valence-electron chi connectivity index (χ0n) is 13.6. The monoisotopic (exact) mass is 345 g/mol. The van der Waals surface area contributed by atoms with E-state index in [2.05, 4.69) is 11.4 Å². The number of benzene rings is 1. The quantitative estimate of drug-likeness (QED) is 0.875. The Kier molecular flexibility index (Phi) is 6.01. The van der Waals surface area contributed by atoms with Crippen molar-refractivity contribution in [2.24, 2.45) is 0 Å². The van der Waals surface area contributed by atoms with Crippen LogP contribution in [0.5, 0.6) is 0 Å². The predicted molar refractivity (Wildman–Crippen MR) is 95.0 cm³/mol. The molecule has 0 aliphatic carbocycles. The van der Waals surface area contributed by atoms with Crippen LogP contribution in [0.2, 0.25) is 0 Å². The molecule has 1 N–H and O–H groups in total.